The number of benzene rings is 2. The number of methoxy groups -OCH3 is 3. The van der Waals surface area contributed by atoms with E-state index in [1.54, 1.807) is 25.1 Å². The highest BCUT2D eigenvalue weighted by Crippen LogP contribution is 2.37. The van der Waals surface area contributed by atoms with Gasteiger partial charge in [0.05, 0.1) is 27.5 Å². The van der Waals surface area contributed by atoms with Crippen LogP contribution in [0.1, 0.15) is 21.5 Å². The maximum absolute atomic E-state index is 13.0. The van der Waals surface area contributed by atoms with Gasteiger partial charge in [-0.25, -0.2) is 0 Å². The summed E-state index contributed by atoms with van der Waals surface area (Å²) in [5.74, 6) is 0.729. The molecule has 0 aromatic heterocycles. The fourth-order valence-electron chi connectivity index (χ4n) is 2.70. The van der Waals surface area contributed by atoms with Crippen molar-refractivity contribution in [2.75, 3.05) is 28.4 Å². The predicted octanol–water partition coefficient (Wildman–Crippen LogP) is 3.04. The topological polar surface area (TPSA) is 94.5 Å². The van der Waals surface area contributed by atoms with Crippen LogP contribution in [0.15, 0.2) is 53.0 Å². The average Bonchev–Trinajstić information content (AvgIpc) is 2.75. The van der Waals surface area contributed by atoms with Gasteiger partial charge in [0.2, 0.25) is 5.75 Å². The summed E-state index contributed by atoms with van der Waals surface area (Å²) in [4.78, 5) is 12.0. The largest absolute Gasteiger partial charge is 0.493 e. The minimum atomic E-state index is -4.08. The van der Waals surface area contributed by atoms with Crippen LogP contribution in [0.5, 0.6) is 17.2 Å². The van der Waals surface area contributed by atoms with Crippen LogP contribution in [-0.4, -0.2) is 53.2 Å². The molecule has 0 amide bonds. The molecule has 0 heterocycles. The number of carbonyl (C=O) groups is 1. The highest BCUT2D eigenvalue weighted by molar-refractivity contribution is 7.89. The lowest BCUT2D eigenvalue weighted by molar-refractivity contribution is 0.104. The molecule has 8 nitrogen and oxygen atoms in total. The molecule has 0 unspecified atom stereocenters. The van der Waals surface area contributed by atoms with E-state index in [4.69, 9.17) is 14.2 Å². The van der Waals surface area contributed by atoms with Crippen molar-refractivity contribution < 1.29 is 27.4 Å². The van der Waals surface area contributed by atoms with Gasteiger partial charge in [-0.15, -0.1) is 0 Å². The van der Waals surface area contributed by atoms with Crippen LogP contribution in [-0.2, 0) is 10.0 Å². The number of nitrogens with zero attached hydrogens (tertiary/aromatic N) is 2. The molecule has 2 aromatic rings. The molecule has 0 saturated carbocycles. The van der Waals surface area contributed by atoms with Crippen LogP contribution in [0.25, 0.3) is 0 Å². The quantitative estimate of drug-likeness (QED) is 0.262. The van der Waals surface area contributed by atoms with Gasteiger partial charge in [-0.05, 0) is 37.3 Å². The molecule has 9 heteroatoms. The normalized spacial score (nSPS) is 11.2. The molecule has 0 fully saturated rings. The van der Waals surface area contributed by atoms with E-state index in [2.05, 4.69) is 11.7 Å². The third kappa shape index (κ3) is 4.62. The number of aryl methyl sites for hydroxylation is 1. The van der Waals surface area contributed by atoms with Crippen LogP contribution in [0.4, 0.5) is 0 Å². The van der Waals surface area contributed by atoms with E-state index in [9.17, 15) is 13.2 Å². The first kappa shape index (κ1) is 23.0. The van der Waals surface area contributed by atoms with E-state index < -0.39 is 15.8 Å². The van der Waals surface area contributed by atoms with Gasteiger partial charge >= 0.3 is 0 Å². The highest BCUT2D eigenvalue weighted by atomic mass is 32.2. The van der Waals surface area contributed by atoms with Crippen LogP contribution in [0.2, 0.25) is 0 Å². The Morgan fingerprint density at radius 3 is 2.17 bits per heavy atom. The van der Waals surface area contributed by atoms with Crippen LogP contribution in [0.3, 0.4) is 0 Å². The summed E-state index contributed by atoms with van der Waals surface area (Å²) >= 11 is 0. The molecule has 2 rings (SSSR count). The Hall–Kier alpha value is -3.33. The molecule has 2 aromatic carbocycles. The Morgan fingerprint density at radius 1 is 1.07 bits per heavy atom. The molecule has 0 aliphatic heterocycles. The standard InChI is InChI=1S/C21H24N2O6S/c1-7-17(24)16-10-14(2)8-9-20(16)30(25,26)23(3)22-13-15-11-18(27-4)21(29-6)19(12-15)28-5/h7-13H,1H2,2-6H3/b22-13+. The first-order valence-electron chi connectivity index (χ1n) is 8.80. The first-order chi connectivity index (χ1) is 14.2. The molecule has 30 heavy (non-hydrogen) atoms. The van der Waals surface area contributed by atoms with Gasteiger partial charge in [0.1, 0.15) is 4.90 Å². The zero-order chi connectivity index (χ0) is 22.5. The first-order valence-corrected chi connectivity index (χ1v) is 10.2. The van der Waals surface area contributed by atoms with E-state index in [-0.39, 0.29) is 10.5 Å². The monoisotopic (exact) mass is 432 g/mol. The molecule has 0 aliphatic carbocycles. The van der Waals surface area contributed by atoms with Crippen molar-refractivity contribution in [2.45, 2.75) is 11.8 Å². The van der Waals surface area contributed by atoms with Gasteiger partial charge < -0.3 is 14.2 Å². The number of allylic oxidation sites excluding steroid dienone is 1. The van der Waals surface area contributed by atoms with Crippen molar-refractivity contribution in [1.82, 2.24) is 4.41 Å². The number of sulfonamides is 1. The Morgan fingerprint density at radius 2 is 1.67 bits per heavy atom. The molecule has 0 radical (unpaired) electrons. The number of hydrogen-bond donors (Lipinski definition) is 0. The van der Waals surface area contributed by atoms with E-state index in [0.717, 1.165) is 16.1 Å². The maximum atomic E-state index is 13.0. The lowest BCUT2D eigenvalue weighted by Gasteiger charge is -2.16. The van der Waals surface area contributed by atoms with E-state index in [1.807, 2.05) is 0 Å². The molecule has 0 spiro atoms. The van der Waals surface area contributed by atoms with E-state index in [0.29, 0.717) is 22.8 Å². The van der Waals surface area contributed by atoms with Gasteiger partial charge in [0.25, 0.3) is 10.0 Å². The van der Waals surface area contributed by atoms with Gasteiger partial charge in [0, 0.05) is 18.2 Å². The third-order valence-corrected chi connectivity index (χ3v) is 5.97. The molecule has 0 saturated heterocycles. The predicted molar refractivity (Wildman–Crippen MR) is 114 cm³/mol. The second kappa shape index (κ2) is 9.45. The third-order valence-electron chi connectivity index (χ3n) is 4.27. The second-order valence-electron chi connectivity index (χ2n) is 6.21. The van der Waals surface area contributed by atoms with Crippen molar-refractivity contribution in [3.8, 4) is 17.2 Å². The van der Waals surface area contributed by atoms with Gasteiger partial charge in [-0.1, -0.05) is 18.2 Å². The zero-order valence-electron chi connectivity index (χ0n) is 17.5. The highest BCUT2D eigenvalue weighted by Gasteiger charge is 2.25. The number of rotatable bonds is 9. The van der Waals surface area contributed by atoms with Crippen LogP contribution < -0.4 is 14.2 Å². The van der Waals surface area contributed by atoms with Gasteiger partial charge in [0.15, 0.2) is 17.3 Å². The van der Waals surface area contributed by atoms with Crippen molar-refractivity contribution in [3.05, 3.63) is 59.7 Å². The SMILES string of the molecule is C=CC(=O)c1cc(C)ccc1S(=O)(=O)N(C)/N=C/c1cc(OC)c(OC)c(OC)c1. The minimum Gasteiger partial charge on any atom is -0.493 e. The van der Waals surface area contributed by atoms with Crippen molar-refractivity contribution in [3.63, 3.8) is 0 Å². The molecule has 0 atom stereocenters. The summed E-state index contributed by atoms with van der Waals surface area (Å²) in [6, 6.07) is 7.76. The second-order valence-corrected chi connectivity index (χ2v) is 8.13. The fraction of sp³-hybridized carbons (Fsp3) is 0.238. The average molecular weight is 432 g/mol. The summed E-state index contributed by atoms with van der Waals surface area (Å²) in [7, 11) is 1.64. The summed E-state index contributed by atoms with van der Waals surface area (Å²) < 4.78 is 42.6. The lowest BCUT2D eigenvalue weighted by Crippen LogP contribution is -2.24. The maximum Gasteiger partial charge on any atom is 0.279 e. The number of hydrazone groups is 1. The Balaban J connectivity index is 2.45. The Labute approximate surface area is 176 Å². The molecule has 0 bridgehead atoms. The number of ether oxygens (including phenoxy) is 3. The summed E-state index contributed by atoms with van der Waals surface area (Å²) in [5, 5.41) is 4.03. The molecular formula is C21H24N2O6S. The fourth-order valence-corrected chi connectivity index (χ4v) is 3.83. The zero-order valence-corrected chi connectivity index (χ0v) is 18.3. The summed E-state index contributed by atoms with van der Waals surface area (Å²) in [6.45, 7) is 5.20. The van der Waals surface area contributed by atoms with E-state index in [1.165, 1.54) is 46.7 Å². The number of carbonyl (C=O) groups excluding carboxylic acids is 1. The lowest BCUT2D eigenvalue weighted by atomic mass is 10.1. The number of ketones is 1. The van der Waals surface area contributed by atoms with Crippen LogP contribution in [0, 0.1) is 6.92 Å². The molecule has 0 aliphatic rings. The Kier molecular flexibility index (Phi) is 7.23. The van der Waals surface area contributed by atoms with E-state index >= 15 is 0 Å². The van der Waals surface area contributed by atoms with Gasteiger partial charge in [-0.3, -0.25) is 4.79 Å². The minimum absolute atomic E-state index is 0.0415. The number of hydrogen-bond acceptors (Lipinski definition) is 7. The van der Waals surface area contributed by atoms with Crippen molar-refractivity contribution in [1.29, 1.82) is 0 Å². The van der Waals surface area contributed by atoms with Crippen molar-refractivity contribution in [2.24, 2.45) is 5.10 Å². The smallest absolute Gasteiger partial charge is 0.279 e. The Bertz CT molecular complexity index is 1070. The van der Waals surface area contributed by atoms with Gasteiger partial charge in [-0.2, -0.15) is 17.9 Å². The van der Waals surface area contributed by atoms with Crippen molar-refractivity contribution >= 4 is 22.0 Å². The summed E-state index contributed by atoms with van der Waals surface area (Å²) in [6.07, 6.45) is 2.41. The van der Waals surface area contributed by atoms with Crippen LogP contribution >= 0.6 is 0 Å². The molecule has 0 N–H and O–H groups in total. The summed E-state index contributed by atoms with van der Waals surface area (Å²) in [5.41, 5.74) is 1.32. The molecular weight excluding hydrogens is 408 g/mol. The molecule has 160 valence electrons.